The van der Waals surface area contributed by atoms with Gasteiger partial charge in [-0.1, -0.05) is 12.1 Å². The summed E-state index contributed by atoms with van der Waals surface area (Å²) in [6.07, 6.45) is 2.66. The number of piperazine rings is 1. The van der Waals surface area contributed by atoms with Crippen LogP contribution in [0.15, 0.2) is 24.3 Å². The lowest BCUT2D eigenvalue weighted by atomic mass is 10.2. The molecule has 3 saturated heterocycles. The molecule has 0 saturated carbocycles. The van der Waals surface area contributed by atoms with Gasteiger partial charge in [-0.15, -0.1) is 0 Å². The summed E-state index contributed by atoms with van der Waals surface area (Å²) in [5.74, 6) is 0.945. The van der Waals surface area contributed by atoms with Gasteiger partial charge in [0.2, 0.25) is 0 Å². The molecule has 1 aromatic rings. The van der Waals surface area contributed by atoms with Gasteiger partial charge in [-0.25, -0.2) is 4.79 Å². The standard InChI is InChI=1S/C20H28N4O3/c1-27-18-8-3-2-6-16(18)22-14-12-21(13-15-22)9-5-11-24-19(25)17-7-4-10-23(17)20(24)26/h2-3,6,8,17H,4-5,7,9-15H2,1H3/p+1/t17-/m0/s1. The van der Waals surface area contributed by atoms with E-state index in [0.29, 0.717) is 6.54 Å². The Morgan fingerprint density at radius 1 is 1.15 bits per heavy atom. The number of benzene rings is 1. The number of hydrogen-bond donors (Lipinski definition) is 1. The second-order valence-electron chi connectivity index (χ2n) is 7.64. The summed E-state index contributed by atoms with van der Waals surface area (Å²) in [5, 5.41) is 0. The Hall–Kier alpha value is -2.28. The van der Waals surface area contributed by atoms with Gasteiger partial charge in [0.05, 0.1) is 45.5 Å². The van der Waals surface area contributed by atoms with Crippen LogP contribution in [0.3, 0.4) is 0 Å². The summed E-state index contributed by atoms with van der Waals surface area (Å²) in [6.45, 7) is 6.41. The van der Waals surface area contributed by atoms with Crippen LogP contribution in [-0.4, -0.2) is 80.7 Å². The van der Waals surface area contributed by atoms with E-state index in [0.717, 1.165) is 70.0 Å². The average Bonchev–Trinajstić information content (AvgIpc) is 3.28. The molecule has 27 heavy (non-hydrogen) atoms. The third-order valence-corrected chi connectivity index (χ3v) is 6.09. The van der Waals surface area contributed by atoms with Crippen LogP contribution in [0.2, 0.25) is 0 Å². The number of anilines is 1. The average molecular weight is 373 g/mol. The number of carbonyl (C=O) groups is 2. The summed E-state index contributed by atoms with van der Waals surface area (Å²) < 4.78 is 5.48. The van der Waals surface area contributed by atoms with Crippen LogP contribution in [0.5, 0.6) is 5.75 Å². The van der Waals surface area contributed by atoms with Crippen LogP contribution in [0.1, 0.15) is 19.3 Å². The maximum absolute atomic E-state index is 12.4. The molecule has 7 heteroatoms. The number of rotatable bonds is 6. The van der Waals surface area contributed by atoms with Crippen LogP contribution >= 0.6 is 0 Å². The normalized spacial score (nSPS) is 23.3. The van der Waals surface area contributed by atoms with Crippen molar-refractivity contribution >= 4 is 17.6 Å². The molecule has 4 rings (SSSR count). The molecule has 3 fully saturated rings. The molecule has 3 aliphatic rings. The van der Waals surface area contributed by atoms with Crippen molar-refractivity contribution in [3.63, 3.8) is 0 Å². The van der Waals surface area contributed by atoms with Crippen LogP contribution in [-0.2, 0) is 4.79 Å². The highest BCUT2D eigenvalue weighted by Gasteiger charge is 2.46. The molecule has 0 unspecified atom stereocenters. The maximum atomic E-state index is 12.4. The van der Waals surface area contributed by atoms with E-state index in [9.17, 15) is 9.59 Å². The predicted molar refractivity (Wildman–Crippen MR) is 102 cm³/mol. The van der Waals surface area contributed by atoms with Crippen molar-refractivity contribution < 1.29 is 19.2 Å². The lowest BCUT2D eigenvalue weighted by Crippen LogP contribution is -3.15. The Labute approximate surface area is 160 Å². The van der Waals surface area contributed by atoms with E-state index in [4.69, 9.17) is 4.74 Å². The number of nitrogens with zero attached hydrogens (tertiary/aromatic N) is 3. The number of para-hydroxylation sites is 2. The molecule has 0 spiro atoms. The van der Waals surface area contributed by atoms with E-state index in [2.05, 4.69) is 11.0 Å². The number of urea groups is 1. The van der Waals surface area contributed by atoms with Gasteiger partial charge in [-0.2, -0.15) is 0 Å². The Kier molecular flexibility index (Phi) is 5.20. The van der Waals surface area contributed by atoms with Gasteiger partial charge < -0.3 is 19.4 Å². The minimum absolute atomic E-state index is 0.0218. The highest BCUT2D eigenvalue weighted by atomic mass is 16.5. The monoisotopic (exact) mass is 373 g/mol. The zero-order valence-electron chi connectivity index (χ0n) is 16.0. The molecule has 7 nitrogen and oxygen atoms in total. The fourth-order valence-electron chi connectivity index (χ4n) is 4.58. The number of methoxy groups -OCH3 is 1. The van der Waals surface area contributed by atoms with E-state index in [1.54, 1.807) is 16.9 Å². The van der Waals surface area contributed by atoms with Gasteiger partial charge in [0.25, 0.3) is 5.91 Å². The second-order valence-corrected chi connectivity index (χ2v) is 7.64. The molecule has 0 aromatic heterocycles. The number of nitrogens with one attached hydrogen (secondary N) is 1. The molecule has 3 aliphatic heterocycles. The van der Waals surface area contributed by atoms with Crippen LogP contribution < -0.4 is 14.5 Å². The molecule has 1 aromatic carbocycles. The zero-order valence-corrected chi connectivity index (χ0v) is 16.0. The van der Waals surface area contributed by atoms with Crippen molar-refractivity contribution in [1.82, 2.24) is 9.80 Å². The van der Waals surface area contributed by atoms with Crippen molar-refractivity contribution in [1.29, 1.82) is 0 Å². The second kappa shape index (κ2) is 7.76. The molecular formula is C20H29N4O3+. The van der Waals surface area contributed by atoms with Gasteiger partial charge in [0.15, 0.2) is 0 Å². The third-order valence-electron chi connectivity index (χ3n) is 6.09. The lowest BCUT2D eigenvalue weighted by Gasteiger charge is -2.34. The van der Waals surface area contributed by atoms with E-state index < -0.39 is 0 Å². The van der Waals surface area contributed by atoms with Crippen molar-refractivity contribution in [2.45, 2.75) is 25.3 Å². The highest BCUT2D eigenvalue weighted by molar-refractivity contribution is 6.04. The topological polar surface area (TPSA) is 57.5 Å². The number of amides is 3. The number of quaternary nitrogens is 1. The fraction of sp³-hybridized carbons (Fsp3) is 0.600. The first-order valence-corrected chi connectivity index (χ1v) is 10.0. The van der Waals surface area contributed by atoms with Crippen LogP contribution in [0, 0.1) is 0 Å². The summed E-state index contributed by atoms with van der Waals surface area (Å²) >= 11 is 0. The lowest BCUT2D eigenvalue weighted by molar-refractivity contribution is -0.900. The highest BCUT2D eigenvalue weighted by Crippen LogP contribution is 2.28. The van der Waals surface area contributed by atoms with Crippen molar-refractivity contribution in [2.24, 2.45) is 0 Å². The van der Waals surface area contributed by atoms with Crippen LogP contribution in [0.4, 0.5) is 10.5 Å². The van der Waals surface area contributed by atoms with Gasteiger partial charge >= 0.3 is 6.03 Å². The number of imide groups is 1. The van der Waals surface area contributed by atoms with Crippen molar-refractivity contribution in [2.75, 3.05) is 57.8 Å². The number of hydrogen-bond acceptors (Lipinski definition) is 4. The van der Waals surface area contributed by atoms with Gasteiger partial charge in [0, 0.05) is 19.5 Å². The maximum Gasteiger partial charge on any atom is 0.327 e. The Morgan fingerprint density at radius 3 is 2.67 bits per heavy atom. The van der Waals surface area contributed by atoms with Gasteiger partial charge in [-0.05, 0) is 25.0 Å². The smallest absolute Gasteiger partial charge is 0.327 e. The van der Waals surface area contributed by atoms with E-state index >= 15 is 0 Å². The van der Waals surface area contributed by atoms with E-state index in [-0.39, 0.29) is 18.0 Å². The molecule has 0 bridgehead atoms. The largest absolute Gasteiger partial charge is 0.495 e. The minimum atomic E-state index is -0.172. The van der Waals surface area contributed by atoms with Gasteiger partial charge in [-0.3, -0.25) is 9.69 Å². The molecule has 0 aliphatic carbocycles. The quantitative estimate of drug-likeness (QED) is 0.725. The first-order chi connectivity index (χ1) is 13.2. The van der Waals surface area contributed by atoms with Crippen molar-refractivity contribution in [3.05, 3.63) is 24.3 Å². The Balaban J connectivity index is 1.23. The molecule has 146 valence electrons. The molecule has 3 heterocycles. The molecule has 0 radical (unpaired) electrons. The zero-order chi connectivity index (χ0) is 18.8. The summed E-state index contributed by atoms with van der Waals surface area (Å²) in [6, 6.07) is 7.92. The molecular weight excluding hydrogens is 344 g/mol. The first-order valence-electron chi connectivity index (χ1n) is 10.0. The summed E-state index contributed by atoms with van der Waals surface area (Å²) in [5.41, 5.74) is 1.16. The number of ether oxygens (including phenoxy) is 1. The molecule has 1 N–H and O–H groups in total. The number of carbonyl (C=O) groups excluding carboxylic acids is 2. The fourth-order valence-corrected chi connectivity index (χ4v) is 4.58. The summed E-state index contributed by atoms with van der Waals surface area (Å²) in [4.78, 5) is 31.9. The SMILES string of the molecule is COc1ccccc1N1CC[NH+](CCCN2C(=O)[C@@H]3CCCN3C2=O)CC1. The summed E-state index contributed by atoms with van der Waals surface area (Å²) in [7, 11) is 1.71. The van der Waals surface area contributed by atoms with E-state index in [1.165, 1.54) is 4.90 Å². The number of fused-ring (bicyclic) bond motifs is 1. The van der Waals surface area contributed by atoms with Crippen molar-refractivity contribution in [3.8, 4) is 5.75 Å². The molecule has 3 amide bonds. The first kappa shape index (κ1) is 18.1. The minimum Gasteiger partial charge on any atom is -0.495 e. The third kappa shape index (κ3) is 3.48. The van der Waals surface area contributed by atoms with Crippen LogP contribution in [0.25, 0.3) is 0 Å². The predicted octanol–water partition coefficient (Wildman–Crippen LogP) is 0.217. The Morgan fingerprint density at radius 2 is 1.93 bits per heavy atom. The Bertz CT molecular complexity index is 680. The van der Waals surface area contributed by atoms with E-state index in [1.807, 2.05) is 18.2 Å². The molecule has 1 atom stereocenters. The van der Waals surface area contributed by atoms with Gasteiger partial charge in [0.1, 0.15) is 11.8 Å².